The first-order chi connectivity index (χ1) is 15.0. The molecule has 1 aliphatic rings. The van der Waals surface area contributed by atoms with E-state index in [1.54, 1.807) is 32.6 Å². The van der Waals surface area contributed by atoms with Crippen LogP contribution in [0.25, 0.3) is 0 Å². The largest absolute Gasteiger partial charge is 0.444 e. The molecule has 1 aromatic carbocycles. The molecule has 33 heavy (non-hydrogen) atoms. The molecular formula is C26H41N3O4. The second-order valence-electron chi connectivity index (χ2n) is 11.3. The van der Waals surface area contributed by atoms with Gasteiger partial charge in [-0.25, -0.2) is 4.79 Å². The number of benzene rings is 1. The Labute approximate surface area is 198 Å². The second-order valence-corrected chi connectivity index (χ2v) is 11.3. The van der Waals surface area contributed by atoms with Crippen molar-refractivity contribution in [2.45, 2.75) is 105 Å². The van der Waals surface area contributed by atoms with Crippen molar-refractivity contribution in [3.05, 3.63) is 34.9 Å². The van der Waals surface area contributed by atoms with Gasteiger partial charge in [-0.3, -0.25) is 9.59 Å². The number of amides is 3. The lowest BCUT2D eigenvalue weighted by Gasteiger charge is -2.36. The third kappa shape index (κ3) is 7.21. The zero-order chi connectivity index (χ0) is 25.3. The Bertz CT molecular complexity index is 898. The summed E-state index contributed by atoms with van der Waals surface area (Å²) in [5.74, 6) is -0.254. The highest BCUT2D eigenvalue weighted by Crippen LogP contribution is 2.41. The Morgan fingerprint density at radius 2 is 1.67 bits per heavy atom. The minimum Gasteiger partial charge on any atom is -0.444 e. The molecule has 0 aromatic heterocycles. The maximum atomic E-state index is 13.7. The van der Waals surface area contributed by atoms with Crippen LogP contribution in [0.4, 0.5) is 4.79 Å². The fourth-order valence-electron chi connectivity index (χ4n) is 3.87. The number of nitrogens with zero attached hydrogens (tertiary/aromatic N) is 1. The molecule has 7 heteroatoms. The summed E-state index contributed by atoms with van der Waals surface area (Å²) < 4.78 is 5.33. The van der Waals surface area contributed by atoms with Crippen molar-refractivity contribution in [1.29, 1.82) is 0 Å². The minimum absolute atomic E-state index is 0.0731. The molecule has 3 amide bonds. The van der Waals surface area contributed by atoms with Crippen LogP contribution in [0.15, 0.2) is 18.2 Å². The lowest BCUT2D eigenvalue weighted by atomic mass is 9.94. The van der Waals surface area contributed by atoms with E-state index in [9.17, 15) is 14.4 Å². The first-order valence-electron chi connectivity index (χ1n) is 11.7. The molecule has 7 nitrogen and oxygen atoms in total. The SMILES string of the molecule is Cc1cccc(C(C(=O)NC(C)(C)C)N(C(=O)C(C)NC(=O)OC(C)(C)C)C2CC2C)c1C. The summed E-state index contributed by atoms with van der Waals surface area (Å²) in [6, 6.07) is 4.11. The van der Waals surface area contributed by atoms with Gasteiger partial charge in [0.1, 0.15) is 17.7 Å². The van der Waals surface area contributed by atoms with Crippen molar-refractivity contribution in [2.24, 2.45) is 5.92 Å². The van der Waals surface area contributed by atoms with Gasteiger partial charge in [0.05, 0.1) is 0 Å². The number of nitrogens with one attached hydrogen (secondary N) is 2. The highest BCUT2D eigenvalue weighted by Gasteiger charge is 2.48. The molecule has 2 N–H and O–H groups in total. The highest BCUT2D eigenvalue weighted by molar-refractivity contribution is 5.93. The van der Waals surface area contributed by atoms with Crippen LogP contribution >= 0.6 is 0 Å². The van der Waals surface area contributed by atoms with Crippen molar-refractivity contribution < 1.29 is 19.1 Å². The number of hydrogen-bond acceptors (Lipinski definition) is 4. The number of aryl methyl sites for hydroxylation is 1. The molecule has 4 unspecified atom stereocenters. The fourth-order valence-corrected chi connectivity index (χ4v) is 3.87. The third-order valence-electron chi connectivity index (χ3n) is 5.75. The van der Waals surface area contributed by atoms with Crippen LogP contribution in [0.3, 0.4) is 0 Å². The molecule has 0 radical (unpaired) electrons. The van der Waals surface area contributed by atoms with E-state index < -0.39 is 29.3 Å². The molecule has 0 aliphatic heterocycles. The van der Waals surface area contributed by atoms with Crippen LogP contribution in [-0.4, -0.2) is 46.0 Å². The molecule has 184 valence electrons. The molecule has 0 heterocycles. The van der Waals surface area contributed by atoms with Crippen LogP contribution in [0.5, 0.6) is 0 Å². The predicted molar refractivity (Wildman–Crippen MR) is 130 cm³/mol. The van der Waals surface area contributed by atoms with Gasteiger partial charge in [-0.2, -0.15) is 0 Å². The van der Waals surface area contributed by atoms with Crippen LogP contribution in [0.2, 0.25) is 0 Å². The Morgan fingerprint density at radius 1 is 1.09 bits per heavy atom. The predicted octanol–water partition coefficient (Wildman–Crippen LogP) is 4.41. The van der Waals surface area contributed by atoms with Crippen molar-refractivity contribution in [1.82, 2.24) is 15.5 Å². The molecule has 2 rings (SSSR count). The van der Waals surface area contributed by atoms with Gasteiger partial charge in [-0.1, -0.05) is 25.1 Å². The van der Waals surface area contributed by atoms with E-state index in [0.717, 1.165) is 23.1 Å². The summed E-state index contributed by atoms with van der Waals surface area (Å²) >= 11 is 0. The maximum absolute atomic E-state index is 13.7. The maximum Gasteiger partial charge on any atom is 0.408 e. The number of alkyl carbamates (subject to hydrolysis) is 1. The fraction of sp³-hybridized carbons (Fsp3) is 0.654. The quantitative estimate of drug-likeness (QED) is 0.660. The normalized spacial score (nSPS) is 19.8. The summed E-state index contributed by atoms with van der Waals surface area (Å²) in [5, 5.41) is 5.71. The average molecular weight is 460 g/mol. The molecule has 1 aliphatic carbocycles. The van der Waals surface area contributed by atoms with Crippen LogP contribution < -0.4 is 10.6 Å². The van der Waals surface area contributed by atoms with E-state index in [0.29, 0.717) is 0 Å². The lowest BCUT2D eigenvalue weighted by Crippen LogP contribution is -2.55. The van der Waals surface area contributed by atoms with Gasteiger partial charge < -0.3 is 20.3 Å². The smallest absolute Gasteiger partial charge is 0.408 e. The van der Waals surface area contributed by atoms with Gasteiger partial charge in [0, 0.05) is 11.6 Å². The van der Waals surface area contributed by atoms with Crippen molar-refractivity contribution in [2.75, 3.05) is 0 Å². The van der Waals surface area contributed by atoms with E-state index in [4.69, 9.17) is 4.74 Å². The van der Waals surface area contributed by atoms with Gasteiger partial charge in [-0.15, -0.1) is 0 Å². The number of carbonyl (C=O) groups excluding carboxylic acids is 3. The molecule has 1 fully saturated rings. The molecule has 0 saturated heterocycles. The van der Waals surface area contributed by atoms with Crippen molar-refractivity contribution >= 4 is 17.9 Å². The summed E-state index contributed by atoms with van der Waals surface area (Å²) in [5.41, 5.74) is 1.69. The Kier molecular flexibility index (Phi) is 7.87. The average Bonchev–Trinajstić information content (AvgIpc) is 3.34. The molecule has 4 atom stereocenters. The Hall–Kier alpha value is -2.57. The minimum atomic E-state index is -0.845. The molecular weight excluding hydrogens is 418 g/mol. The van der Waals surface area contributed by atoms with Crippen LogP contribution in [0.1, 0.15) is 84.5 Å². The highest BCUT2D eigenvalue weighted by atomic mass is 16.6. The molecule has 0 spiro atoms. The number of carbonyl (C=O) groups is 3. The van der Waals surface area contributed by atoms with E-state index in [1.807, 2.05) is 52.8 Å². The molecule has 1 saturated carbocycles. The van der Waals surface area contributed by atoms with Crippen molar-refractivity contribution in [3.8, 4) is 0 Å². The van der Waals surface area contributed by atoms with Gasteiger partial charge in [-0.05, 0) is 91.3 Å². The number of ether oxygens (including phenoxy) is 1. The number of rotatable bonds is 6. The summed E-state index contributed by atoms with van der Waals surface area (Å²) in [4.78, 5) is 41.3. The second kappa shape index (κ2) is 9.74. The monoisotopic (exact) mass is 459 g/mol. The van der Waals surface area contributed by atoms with Gasteiger partial charge in [0.25, 0.3) is 0 Å². The first kappa shape index (κ1) is 26.7. The Balaban J connectivity index is 2.46. The lowest BCUT2D eigenvalue weighted by molar-refractivity contribution is -0.143. The Morgan fingerprint density at radius 3 is 2.15 bits per heavy atom. The molecule has 1 aromatic rings. The summed E-state index contributed by atoms with van der Waals surface area (Å²) in [6.45, 7) is 18.7. The summed E-state index contributed by atoms with van der Waals surface area (Å²) in [6.07, 6.45) is 0.157. The topological polar surface area (TPSA) is 87.7 Å². The third-order valence-corrected chi connectivity index (χ3v) is 5.75. The van der Waals surface area contributed by atoms with E-state index >= 15 is 0 Å². The standard InChI is InChI=1S/C26H41N3O4/c1-15-12-11-13-19(17(15)3)21(22(30)28-25(5,6)7)29(20-14-16(20)2)23(31)18(4)27-24(32)33-26(8,9)10/h11-13,16,18,20-21H,14H2,1-10H3,(H,27,32)(H,28,30). The molecule has 0 bridgehead atoms. The van der Waals surface area contributed by atoms with Gasteiger partial charge >= 0.3 is 6.09 Å². The first-order valence-corrected chi connectivity index (χ1v) is 11.7. The van der Waals surface area contributed by atoms with Crippen LogP contribution in [-0.2, 0) is 14.3 Å². The zero-order valence-electron chi connectivity index (χ0n) is 21.8. The zero-order valence-corrected chi connectivity index (χ0v) is 21.8. The van der Waals surface area contributed by atoms with E-state index in [1.165, 1.54) is 0 Å². The van der Waals surface area contributed by atoms with Crippen LogP contribution in [0, 0.1) is 19.8 Å². The van der Waals surface area contributed by atoms with Crippen molar-refractivity contribution in [3.63, 3.8) is 0 Å². The van der Waals surface area contributed by atoms with E-state index in [-0.39, 0.29) is 23.8 Å². The summed E-state index contributed by atoms with van der Waals surface area (Å²) in [7, 11) is 0. The van der Waals surface area contributed by atoms with E-state index in [2.05, 4.69) is 17.6 Å². The van der Waals surface area contributed by atoms with Gasteiger partial charge in [0.2, 0.25) is 11.8 Å². The van der Waals surface area contributed by atoms with Gasteiger partial charge in [0.15, 0.2) is 0 Å². The number of hydrogen-bond donors (Lipinski definition) is 2.